The van der Waals surface area contributed by atoms with E-state index in [0.717, 1.165) is 47.4 Å². The molecular formula is C29H30ClNO2. The molecule has 0 radical (unpaired) electrons. The summed E-state index contributed by atoms with van der Waals surface area (Å²) in [5.41, 5.74) is 8.70. The highest BCUT2D eigenvalue weighted by Crippen LogP contribution is 2.54. The van der Waals surface area contributed by atoms with Gasteiger partial charge in [-0.2, -0.15) is 0 Å². The van der Waals surface area contributed by atoms with Crippen LogP contribution >= 0.6 is 11.6 Å². The molecule has 0 amide bonds. The lowest BCUT2D eigenvalue weighted by atomic mass is 9.71. The Labute approximate surface area is 201 Å². The van der Waals surface area contributed by atoms with Crippen LogP contribution in [-0.2, 0) is 15.0 Å². The van der Waals surface area contributed by atoms with Crippen molar-refractivity contribution in [1.29, 1.82) is 0 Å². The van der Waals surface area contributed by atoms with Crippen molar-refractivity contribution in [3.63, 3.8) is 0 Å². The van der Waals surface area contributed by atoms with Gasteiger partial charge < -0.3 is 4.84 Å². The molecule has 0 aromatic heterocycles. The van der Waals surface area contributed by atoms with Gasteiger partial charge in [0.1, 0.15) is 5.71 Å². The van der Waals surface area contributed by atoms with Crippen molar-refractivity contribution in [3.8, 4) is 11.1 Å². The third-order valence-corrected chi connectivity index (χ3v) is 6.85. The summed E-state index contributed by atoms with van der Waals surface area (Å²) >= 11 is 6.48. The standard InChI is InChI=1S/C29H30ClNO2/c1-5-15-29(16-6-2)26-17-21(11-13-24(26)25-14-12-22(30)18-27(25)29)28(31-33-20(4)32)23-10-8-7-9-19(23)3/h7-14,17-18H,5-6,15-16H2,1-4H3. The number of fused-ring (bicyclic) bond motifs is 3. The van der Waals surface area contributed by atoms with Crippen molar-refractivity contribution in [3.05, 3.63) is 93.5 Å². The van der Waals surface area contributed by atoms with Gasteiger partial charge in [-0.25, -0.2) is 4.79 Å². The summed E-state index contributed by atoms with van der Waals surface area (Å²) in [6.45, 7) is 7.90. The molecule has 0 unspecified atom stereocenters. The SMILES string of the molecule is CCCC1(CCC)c2cc(Cl)ccc2-c2ccc(C(=NOC(C)=O)c3ccccc3C)cc21. The molecule has 1 aliphatic rings. The number of hydrogen-bond acceptors (Lipinski definition) is 3. The summed E-state index contributed by atoms with van der Waals surface area (Å²) in [6.07, 6.45) is 4.24. The molecule has 0 saturated heterocycles. The second kappa shape index (κ2) is 9.52. The van der Waals surface area contributed by atoms with Gasteiger partial charge in [0.2, 0.25) is 0 Å². The van der Waals surface area contributed by atoms with Gasteiger partial charge in [-0.1, -0.05) is 85.9 Å². The number of nitrogens with zero attached hydrogens (tertiary/aromatic N) is 1. The maximum Gasteiger partial charge on any atom is 0.332 e. The fourth-order valence-corrected chi connectivity index (χ4v) is 5.51. The number of hydrogen-bond donors (Lipinski definition) is 0. The minimum absolute atomic E-state index is 0.0899. The molecule has 0 atom stereocenters. The number of oxime groups is 1. The van der Waals surface area contributed by atoms with Crippen molar-refractivity contribution < 1.29 is 9.63 Å². The van der Waals surface area contributed by atoms with Crippen LogP contribution in [0.1, 0.15) is 74.3 Å². The average Bonchev–Trinajstić information content (AvgIpc) is 3.04. The molecule has 4 rings (SSSR count). The summed E-state index contributed by atoms with van der Waals surface area (Å²) in [7, 11) is 0. The fourth-order valence-electron chi connectivity index (χ4n) is 5.34. The van der Waals surface area contributed by atoms with E-state index in [-0.39, 0.29) is 5.41 Å². The first-order valence-corrected chi connectivity index (χ1v) is 12.1. The van der Waals surface area contributed by atoms with E-state index in [1.54, 1.807) is 0 Å². The monoisotopic (exact) mass is 459 g/mol. The Morgan fingerprint density at radius 1 is 0.939 bits per heavy atom. The van der Waals surface area contributed by atoms with Gasteiger partial charge in [0, 0.05) is 28.5 Å². The molecule has 3 aromatic rings. The van der Waals surface area contributed by atoms with Gasteiger partial charge in [-0.05, 0) is 65.8 Å². The molecule has 3 aromatic carbocycles. The largest absolute Gasteiger partial charge is 0.332 e. The summed E-state index contributed by atoms with van der Waals surface area (Å²) in [6, 6.07) is 20.8. The molecule has 0 bridgehead atoms. The predicted octanol–water partition coefficient (Wildman–Crippen LogP) is 7.83. The minimum atomic E-state index is -0.435. The summed E-state index contributed by atoms with van der Waals surface area (Å²) in [4.78, 5) is 16.7. The molecule has 0 heterocycles. The Morgan fingerprint density at radius 2 is 1.58 bits per heavy atom. The van der Waals surface area contributed by atoms with Gasteiger partial charge in [0.25, 0.3) is 0 Å². The Kier molecular flexibility index (Phi) is 6.71. The molecule has 3 nitrogen and oxygen atoms in total. The molecule has 0 fully saturated rings. The zero-order valence-corrected chi connectivity index (χ0v) is 20.5. The minimum Gasteiger partial charge on any atom is -0.318 e. The lowest BCUT2D eigenvalue weighted by Crippen LogP contribution is -2.25. The van der Waals surface area contributed by atoms with Crippen molar-refractivity contribution in [2.24, 2.45) is 5.16 Å². The molecule has 0 aliphatic heterocycles. The van der Waals surface area contributed by atoms with Crippen LogP contribution in [0.2, 0.25) is 5.02 Å². The van der Waals surface area contributed by atoms with Crippen molar-refractivity contribution in [1.82, 2.24) is 0 Å². The van der Waals surface area contributed by atoms with E-state index >= 15 is 0 Å². The molecule has 33 heavy (non-hydrogen) atoms. The van der Waals surface area contributed by atoms with Crippen LogP contribution in [0.4, 0.5) is 0 Å². The highest BCUT2D eigenvalue weighted by atomic mass is 35.5. The van der Waals surface area contributed by atoms with Crippen LogP contribution in [0.5, 0.6) is 0 Å². The second-order valence-electron chi connectivity index (χ2n) is 8.87. The predicted molar refractivity (Wildman–Crippen MR) is 136 cm³/mol. The Hall–Kier alpha value is -2.91. The second-order valence-corrected chi connectivity index (χ2v) is 9.31. The first kappa shape index (κ1) is 23.3. The van der Waals surface area contributed by atoms with Crippen LogP contribution < -0.4 is 0 Å². The van der Waals surface area contributed by atoms with E-state index in [1.807, 2.05) is 37.3 Å². The van der Waals surface area contributed by atoms with E-state index in [1.165, 1.54) is 29.2 Å². The van der Waals surface area contributed by atoms with E-state index in [9.17, 15) is 4.79 Å². The Bertz CT molecular complexity index is 1220. The van der Waals surface area contributed by atoms with Crippen LogP contribution in [-0.4, -0.2) is 11.7 Å². The maximum absolute atomic E-state index is 11.6. The molecule has 170 valence electrons. The van der Waals surface area contributed by atoms with E-state index in [2.05, 4.69) is 49.3 Å². The number of carbonyl (C=O) groups is 1. The van der Waals surface area contributed by atoms with Crippen LogP contribution in [0.15, 0.2) is 65.8 Å². The highest BCUT2D eigenvalue weighted by Gasteiger charge is 2.42. The third-order valence-electron chi connectivity index (χ3n) is 6.62. The van der Waals surface area contributed by atoms with Crippen molar-refractivity contribution >= 4 is 23.3 Å². The first-order chi connectivity index (χ1) is 15.9. The fraction of sp³-hybridized carbons (Fsp3) is 0.310. The Morgan fingerprint density at radius 3 is 2.21 bits per heavy atom. The number of benzene rings is 3. The number of halogens is 1. The van der Waals surface area contributed by atoms with Gasteiger partial charge in [0.05, 0.1) is 0 Å². The highest BCUT2D eigenvalue weighted by molar-refractivity contribution is 6.30. The average molecular weight is 460 g/mol. The smallest absolute Gasteiger partial charge is 0.318 e. The Balaban J connectivity index is 1.95. The number of carbonyl (C=O) groups excluding carboxylic acids is 1. The zero-order valence-electron chi connectivity index (χ0n) is 19.7. The van der Waals surface area contributed by atoms with Gasteiger partial charge in [0.15, 0.2) is 0 Å². The van der Waals surface area contributed by atoms with Crippen LogP contribution in [0.3, 0.4) is 0 Å². The number of aryl methyl sites for hydroxylation is 1. The zero-order chi connectivity index (χ0) is 23.6. The first-order valence-electron chi connectivity index (χ1n) is 11.7. The molecule has 0 N–H and O–H groups in total. The van der Waals surface area contributed by atoms with Crippen molar-refractivity contribution in [2.45, 2.75) is 58.8 Å². The molecule has 0 saturated carbocycles. The molecular weight excluding hydrogens is 430 g/mol. The molecule has 0 spiro atoms. The lowest BCUT2D eigenvalue weighted by molar-refractivity contribution is -0.140. The summed E-state index contributed by atoms with van der Waals surface area (Å²) in [5.74, 6) is -0.435. The maximum atomic E-state index is 11.6. The number of rotatable bonds is 7. The van der Waals surface area contributed by atoms with E-state index in [4.69, 9.17) is 16.4 Å². The topological polar surface area (TPSA) is 38.7 Å². The molecule has 1 aliphatic carbocycles. The van der Waals surface area contributed by atoms with Crippen LogP contribution in [0, 0.1) is 6.92 Å². The quantitative estimate of drug-likeness (QED) is 0.205. The summed E-state index contributed by atoms with van der Waals surface area (Å²) in [5, 5.41) is 5.07. The van der Waals surface area contributed by atoms with E-state index in [0.29, 0.717) is 5.71 Å². The third kappa shape index (κ3) is 4.22. The molecule has 4 heteroatoms. The van der Waals surface area contributed by atoms with E-state index < -0.39 is 5.97 Å². The van der Waals surface area contributed by atoms with Crippen molar-refractivity contribution in [2.75, 3.05) is 0 Å². The lowest BCUT2D eigenvalue weighted by Gasteiger charge is -2.32. The summed E-state index contributed by atoms with van der Waals surface area (Å²) < 4.78 is 0. The van der Waals surface area contributed by atoms with Gasteiger partial charge in [-0.3, -0.25) is 0 Å². The van der Waals surface area contributed by atoms with Gasteiger partial charge in [-0.15, -0.1) is 0 Å². The van der Waals surface area contributed by atoms with Crippen LogP contribution in [0.25, 0.3) is 11.1 Å². The normalized spacial score (nSPS) is 14.0. The van der Waals surface area contributed by atoms with Gasteiger partial charge >= 0.3 is 5.97 Å².